The van der Waals surface area contributed by atoms with E-state index in [2.05, 4.69) is 35.6 Å². The van der Waals surface area contributed by atoms with Crippen LogP contribution in [0.25, 0.3) is 38.4 Å². The maximum Gasteiger partial charge on any atom is 0.248 e. The summed E-state index contributed by atoms with van der Waals surface area (Å²) in [6.45, 7) is 4.34. The van der Waals surface area contributed by atoms with E-state index in [1.54, 1.807) is 31.6 Å². The highest BCUT2D eigenvalue weighted by molar-refractivity contribution is 6.07. The van der Waals surface area contributed by atoms with Gasteiger partial charge < -0.3 is 19.2 Å². The Morgan fingerprint density at radius 1 is 0.917 bits per heavy atom. The molecule has 0 aliphatic rings. The number of benzene rings is 4. The molecule has 180 valence electrons. The van der Waals surface area contributed by atoms with Crippen LogP contribution in [0.4, 0.5) is 5.69 Å². The zero-order valence-corrected chi connectivity index (χ0v) is 20.5. The third kappa shape index (κ3) is 4.43. The number of carbonyl (C=O) groups excluding carboxylic acids is 1. The van der Waals surface area contributed by atoms with Crippen molar-refractivity contribution in [2.75, 3.05) is 19.0 Å². The maximum atomic E-state index is 12.9. The van der Waals surface area contributed by atoms with E-state index in [1.807, 2.05) is 50.2 Å². The summed E-state index contributed by atoms with van der Waals surface area (Å²) in [7, 11) is 1.58. The van der Waals surface area contributed by atoms with E-state index in [4.69, 9.17) is 13.9 Å². The molecule has 36 heavy (non-hydrogen) atoms. The van der Waals surface area contributed by atoms with Crippen molar-refractivity contribution in [1.29, 1.82) is 0 Å². The molecule has 0 unspecified atom stereocenters. The molecule has 5 rings (SSSR count). The quantitative estimate of drug-likeness (QED) is 0.244. The van der Waals surface area contributed by atoms with Gasteiger partial charge in [-0.1, -0.05) is 54.6 Å². The summed E-state index contributed by atoms with van der Waals surface area (Å²) in [5, 5.41) is 6.18. The highest BCUT2D eigenvalue weighted by Gasteiger charge is 2.17. The van der Waals surface area contributed by atoms with E-state index in [9.17, 15) is 4.79 Å². The summed E-state index contributed by atoms with van der Waals surface area (Å²) in [4.78, 5) is 12.9. The fourth-order valence-electron chi connectivity index (χ4n) is 4.50. The molecule has 1 aromatic heterocycles. The van der Waals surface area contributed by atoms with Gasteiger partial charge in [-0.05, 0) is 54.0 Å². The summed E-state index contributed by atoms with van der Waals surface area (Å²) in [5.41, 5.74) is 5.05. The van der Waals surface area contributed by atoms with Gasteiger partial charge in [0.1, 0.15) is 17.1 Å². The number of nitrogens with one attached hydrogen (secondary N) is 1. The zero-order valence-electron chi connectivity index (χ0n) is 20.5. The molecular formula is C31H27NO4. The molecule has 5 nitrogen and oxygen atoms in total. The fourth-order valence-corrected chi connectivity index (χ4v) is 4.50. The Labute approximate surface area is 210 Å². The van der Waals surface area contributed by atoms with E-state index in [0.717, 1.165) is 38.6 Å². The summed E-state index contributed by atoms with van der Waals surface area (Å²) in [6, 6.07) is 25.8. The second-order valence-electron chi connectivity index (χ2n) is 8.47. The van der Waals surface area contributed by atoms with Crippen LogP contribution < -0.4 is 14.8 Å². The van der Waals surface area contributed by atoms with Gasteiger partial charge >= 0.3 is 0 Å². The second kappa shape index (κ2) is 10.0. The first-order chi connectivity index (χ1) is 17.6. The number of rotatable bonds is 7. The third-order valence-electron chi connectivity index (χ3n) is 6.19. The van der Waals surface area contributed by atoms with E-state index < -0.39 is 0 Å². The normalized spacial score (nSPS) is 11.6. The van der Waals surface area contributed by atoms with E-state index in [1.165, 1.54) is 5.39 Å². The monoisotopic (exact) mass is 477 g/mol. The Balaban J connectivity index is 1.58. The predicted molar refractivity (Wildman–Crippen MR) is 146 cm³/mol. The topological polar surface area (TPSA) is 60.7 Å². The molecule has 0 aliphatic heterocycles. The van der Waals surface area contributed by atoms with Crippen LogP contribution in [0.3, 0.4) is 0 Å². The number of allylic oxidation sites excluding steroid dienone is 1. The van der Waals surface area contributed by atoms with E-state index in [-0.39, 0.29) is 5.91 Å². The van der Waals surface area contributed by atoms with Crippen molar-refractivity contribution < 1.29 is 18.7 Å². The Morgan fingerprint density at radius 3 is 2.53 bits per heavy atom. The molecule has 1 heterocycles. The van der Waals surface area contributed by atoms with Gasteiger partial charge in [0.05, 0.1) is 25.7 Å². The van der Waals surface area contributed by atoms with Gasteiger partial charge in [0.15, 0.2) is 0 Å². The largest absolute Gasteiger partial charge is 0.495 e. The Kier molecular flexibility index (Phi) is 6.46. The lowest BCUT2D eigenvalue weighted by molar-refractivity contribution is -0.111. The highest BCUT2D eigenvalue weighted by atomic mass is 16.5. The SMILES string of the molecule is CCOc1cc2occ(-c3cccc4ccccc34)c2cc1/C(C)=C/C(=O)Nc1ccccc1OC. The average molecular weight is 478 g/mol. The molecule has 0 spiro atoms. The lowest BCUT2D eigenvalue weighted by Gasteiger charge is -2.12. The number of fused-ring (bicyclic) bond motifs is 2. The Morgan fingerprint density at radius 2 is 1.69 bits per heavy atom. The predicted octanol–water partition coefficient (Wildman–Crippen LogP) is 7.70. The first-order valence-electron chi connectivity index (χ1n) is 11.9. The van der Waals surface area contributed by atoms with Crippen LogP contribution in [0.15, 0.2) is 95.6 Å². The van der Waals surface area contributed by atoms with Crippen molar-refractivity contribution in [1.82, 2.24) is 0 Å². The zero-order chi connectivity index (χ0) is 25.1. The van der Waals surface area contributed by atoms with Gasteiger partial charge in [0, 0.05) is 28.7 Å². The van der Waals surface area contributed by atoms with Gasteiger partial charge in [-0.25, -0.2) is 0 Å². The number of hydrogen-bond donors (Lipinski definition) is 1. The number of methoxy groups -OCH3 is 1. The minimum absolute atomic E-state index is 0.249. The summed E-state index contributed by atoms with van der Waals surface area (Å²) >= 11 is 0. The summed E-state index contributed by atoms with van der Waals surface area (Å²) in [5.74, 6) is 1.02. The molecule has 0 bridgehead atoms. The average Bonchev–Trinajstić information content (AvgIpc) is 3.31. The minimum atomic E-state index is -0.249. The second-order valence-corrected chi connectivity index (χ2v) is 8.47. The third-order valence-corrected chi connectivity index (χ3v) is 6.19. The molecule has 0 atom stereocenters. The Bertz CT molecular complexity index is 1590. The minimum Gasteiger partial charge on any atom is -0.495 e. The number of furan rings is 1. The van der Waals surface area contributed by atoms with Gasteiger partial charge in [-0.15, -0.1) is 0 Å². The van der Waals surface area contributed by atoms with Crippen LogP contribution in [-0.4, -0.2) is 19.6 Å². The fraction of sp³-hybridized carbons (Fsp3) is 0.129. The van der Waals surface area contributed by atoms with E-state index in [0.29, 0.717) is 23.8 Å². The number of hydrogen-bond acceptors (Lipinski definition) is 4. The van der Waals surface area contributed by atoms with Gasteiger partial charge in [0.2, 0.25) is 5.91 Å². The Hall–Kier alpha value is -4.51. The number of amides is 1. The number of anilines is 1. The first kappa shape index (κ1) is 23.2. The van der Waals surface area contributed by atoms with Crippen LogP contribution in [0.2, 0.25) is 0 Å². The number of para-hydroxylation sites is 2. The van der Waals surface area contributed by atoms with Crippen molar-refractivity contribution in [3.63, 3.8) is 0 Å². The van der Waals surface area contributed by atoms with Crippen LogP contribution in [-0.2, 0) is 4.79 Å². The molecule has 0 aliphatic carbocycles. The standard InChI is InChI=1S/C31H27NO4/c1-4-35-29-18-30-25(26(19-36-30)23-13-9-11-21-10-5-6-12-22(21)23)17-24(29)20(2)16-31(33)32-27-14-7-8-15-28(27)34-3/h5-19H,4H2,1-3H3,(H,32,33)/b20-16+. The van der Waals surface area contributed by atoms with Crippen molar-refractivity contribution in [2.45, 2.75) is 13.8 Å². The van der Waals surface area contributed by atoms with E-state index >= 15 is 0 Å². The van der Waals surface area contributed by atoms with Gasteiger partial charge in [0.25, 0.3) is 0 Å². The maximum absolute atomic E-state index is 12.9. The highest BCUT2D eigenvalue weighted by Crippen LogP contribution is 2.39. The number of ether oxygens (including phenoxy) is 2. The molecule has 5 heteroatoms. The van der Waals surface area contributed by atoms with Crippen molar-refractivity contribution >= 4 is 38.9 Å². The summed E-state index contributed by atoms with van der Waals surface area (Å²) < 4.78 is 17.2. The molecule has 0 saturated heterocycles. The molecule has 0 radical (unpaired) electrons. The molecule has 0 saturated carbocycles. The van der Waals surface area contributed by atoms with Crippen LogP contribution in [0.5, 0.6) is 11.5 Å². The molecular weight excluding hydrogens is 450 g/mol. The van der Waals surface area contributed by atoms with Crippen molar-refractivity contribution in [3.05, 3.63) is 96.8 Å². The molecule has 0 fully saturated rings. The van der Waals surface area contributed by atoms with Crippen molar-refractivity contribution in [2.24, 2.45) is 0 Å². The van der Waals surface area contributed by atoms with Crippen molar-refractivity contribution in [3.8, 4) is 22.6 Å². The molecule has 4 aromatic carbocycles. The van der Waals surface area contributed by atoms with Crippen LogP contribution >= 0.6 is 0 Å². The molecule has 1 N–H and O–H groups in total. The van der Waals surface area contributed by atoms with Crippen LogP contribution in [0.1, 0.15) is 19.4 Å². The summed E-state index contributed by atoms with van der Waals surface area (Å²) in [6.07, 6.45) is 3.37. The lowest BCUT2D eigenvalue weighted by Crippen LogP contribution is -2.09. The number of carbonyl (C=O) groups is 1. The molecule has 1 amide bonds. The molecule has 5 aromatic rings. The van der Waals surface area contributed by atoms with Crippen LogP contribution in [0, 0.1) is 0 Å². The van der Waals surface area contributed by atoms with Gasteiger partial charge in [-0.3, -0.25) is 4.79 Å². The van der Waals surface area contributed by atoms with Gasteiger partial charge in [-0.2, -0.15) is 0 Å². The first-order valence-corrected chi connectivity index (χ1v) is 11.9. The smallest absolute Gasteiger partial charge is 0.248 e. The lowest BCUT2D eigenvalue weighted by atomic mass is 9.96.